The van der Waals surface area contributed by atoms with Crippen LogP contribution >= 0.6 is 11.3 Å². The average molecular weight is 403 g/mol. The lowest BCUT2D eigenvalue weighted by molar-refractivity contribution is -0.898. The van der Waals surface area contributed by atoms with Crippen molar-refractivity contribution in [3.63, 3.8) is 0 Å². The number of anilines is 1. The van der Waals surface area contributed by atoms with Crippen LogP contribution in [0.3, 0.4) is 0 Å². The van der Waals surface area contributed by atoms with Crippen molar-refractivity contribution in [3.8, 4) is 5.75 Å². The number of likely N-dealkylation sites (N-methyl/N-ethyl adjacent to an activating group) is 1. The number of hydrogen-bond acceptors (Lipinski definition) is 8. The molecule has 1 fully saturated rings. The Balaban J connectivity index is 1.48. The van der Waals surface area contributed by atoms with Gasteiger partial charge in [-0.15, -0.1) is 0 Å². The number of furan rings is 1. The smallest absolute Gasteiger partial charge is 0.421 e. The topological polar surface area (TPSA) is 103 Å². The van der Waals surface area contributed by atoms with Gasteiger partial charge in [0, 0.05) is 6.07 Å². The summed E-state index contributed by atoms with van der Waals surface area (Å²) in [4.78, 5) is 30.7. The van der Waals surface area contributed by atoms with Crippen LogP contribution in [0.2, 0.25) is 0 Å². The summed E-state index contributed by atoms with van der Waals surface area (Å²) in [5.74, 6) is -1.16. The lowest BCUT2D eigenvalue weighted by Crippen LogP contribution is -3.14. The van der Waals surface area contributed by atoms with Gasteiger partial charge in [-0.3, -0.25) is 10.1 Å². The zero-order chi connectivity index (χ0) is 19.7. The molecule has 0 saturated carbocycles. The van der Waals surface area contributed by atoms with Crippen LogP contribution in [0, 0.1) is 10.1 Å². The number of ether oxygens (including phenoxy) is 1. The van der Waals surface area contributed by atoms with Crippen LogP contribution in [0.1, 0.15) is 17.5 Å². The predicted octanol–water partition coefficient (Wildman–Crippen LogP) is 1.74. The number of fused-ring (bicyclic) bond motifs is 1. The molecule has 1 N–H and O–H groups in total. The molecule has 0 bridgehead atoms. The number of carbonyl (C=O) groups is 1. The predicted molar refractivity (Wildman–Crippen MR) is 103 cm³/mol. The standard InChI is InChI=1S/C18H18N4O5S/c1-2-20-7-9-21(10-8-20)18-19-13-4-3-12(11-15(13)28-18)26-17(23)14-5-6-16(27-14)22(24)25/h3-6,11H,2,7-10H2,1H3/p+1. The van der Waals surface area contributed by atoms with E-state index in [-0.39, 0.29) is 5.76 Å². The number of benzene rings is 1. The molecule has 0 atom stereocenters. The number of rotatable bonds is 5. The van der Waals surface area contributed by atoms with E-state index in [1.807, 2.05) is 0 Å². The van der Waals surface area contributed by atoms with Gasteiger partial charge in [0.05, 0.1) is 49.0 Å². The maximum atomic E-state index is 12.1. The number of quaternary nitrogens is 1. The molecule has 0 radical (unpaired) electrons. The molecule has 0 aliphatic carbocycles. The Hall–Kier alpha value is -2.98. The Morgan fingerprint density at radius 1 is 1.36 bits per heavy atom. The molecule has 4 rings (SSSR count). The molecule has 0 amide bonds. The molecule has 10 heteroatoms. The minimum Gasteiger partial charge on any atom is -0.421 e. The van der Waals surface area contributed by atoms with E-state index >= 15 is 0 Å². The second kappa shape index (κ2) is 7.56. The number of hydrogen-bond donors (Lipinski definition) is 1. The number of nitrogens with one attached hydrogen (secondary N) is 1. The summed E-state index contributed by atoms with van der Waals surface area (Å²) in [6.07, 6.45) is 0. The van der Waals surface area contributed by atoms with Crippen LogP contribution in [-0.4, -0.2) is 48.6 Å². The van der Waals surface area contributed by atoms with E-state index in [0.29, 0.717) is 5.75 Å². The fourth-order valence-electron chi connectivity index (χ4n) is 3.15. The molecule has 9 nitrogen and oxygen atoms in total. The van der Waals surface area contributed by atoms with Crippen molar-refractivity contribution in [2.45, 2.75) is 6.92 Å². The van der Waals surface area contributed by atoms with Crippen molar-refractivity contribution in [2.24, 2.45) is 0 Å². The molecule has 2 aromatic heterocycles. The molecule has 1 aliphatic heterocycles. The van der Waals surface area contributed by atoms with Gasteiger partial charge in [-0.1, -0.05) is 11.3 Å². The Labute approximate surface area is 164 Å². The monoisotopic (exact) mass is 403 g/mol. The van der Waals surface area contributed by atoms with E-state index in [2.05, 4.69) is 16.8 Å². The van der Waals surface area contributed by atoms with Crippen molar-refractivity contribution in [2.75, 3.05) is 37.6 Å². The number of carbonyl (C=O) groups excluding carboxylic acids is 1. The van der Waals surface area contributed by atoms with Crippen LogP contribution in [0.5, 0.6) is 5.75 Å². The minimum atomic E-state index is -0.782. The highest BCUT2D eigenvalue weighted by atomic mass is 32.1. The first-order valence-corrected chi connectivity index (χ1v) is 9.80. The van der Waals surface area contributed by atoms with E-state index in [1.54, 1.807) is 34.4 Å². The van der Waals surface area contributed by atoms with Crippen LogP contribution in [0.4, 0.5) is 11.0 Å². The number of aromatic nitrogens is 1. The fourth-order valence-corrected chi connectivity index (χ4v) is 4.20. The quantitative estimate of drug-likeness (QED) is 0.300. The molecule has 3 aromatic rings. The average Bonchev–Trinajstić information content (AvgIpc) is 3.35. The van der Waals surface area contributed by atoms with Crippen molar-refractivity contribution in [3.05, 3.63) is 46.2 Å². The van der Waals surface area contributed by atoms with Crippen LogP contribution < -0.4 is 14.5 Å². The Bertz CT molecular complexity index is 1020. The molecular formula is C18H19N4O5S+. The molecule has 0 unspecified atom stereocenters. The zero-order valence-corrected chi connectivity index (χ0v) is 16.0. The molecule has 1 aromatic carbocycles. The third-order valence-corrected chi connectivity index (χ3v) is 5.85. The van der Waals surface area contributed by atoms with Crippen molar-refractivity contribution >= 4 is 38.5 Å². The van der Waals surface area contributed by atoms with Gasteiger partial charge in [0.15, 0.2) is 5.13 Å². The van der Waals surface area contributed by atoms with Gasteiger partial charge in [0.25, 0.3) is 0 Å². The summed E-state index contributed by atoms with van der Waals surface area (Å²) >= 11 is 1.56. The lowest BCUT2D eigenvalue weighted by Gasteiger charge is -2.31. The molecule has 1 saturated heterocycles. The largest absolute Gasteiger partial charge is 0.433 e. The molecule has 3 heterocycles. The third-order valence-electron chi connectivity index (χ3n) is 4.77. The lowest BCUT2D eigenvalue weighted by atomic mass is 10.3. The highest BCUT2D eigenvalue weighted by molar-refractivity contribution is 7.22. The normalized spacial score (nSPS) is 15.1. The SMILES string of the molecule is CC[NH+]1CCN(c2nc3ccc(OC(=O)c4ccc([N+](=O)[O-])o4)cc3s2)CC1. The molecule has 146 valence electrons. The summed E-state index contributed by atoms with van der Waals surface area (Å²) in [6, 6.07) is 7.55. The first-order chi connectivity index (χ1) is 13.5. The maximum absolute atomic E-state index is 12.1. The van der Waals surface area contributed by atoms with Gasteiger partial charge in [0.2, 0.25) is 5.76 Å². The van der Waals surface area contributed by atoms with Gasteiger partial charge < -0.3 is 19.0 Å². The van der Waals surface area contributed by atoms with Gasteiger partial charge in [0.1, 0.15) is 10.7 Å². The molecule has 28 heavy (non-hydrogen) atoms. The van der Waals surface area contributed by atoms with Crippen molar-refractivity contribution < 1.29 is 23.8 Å². The Morgan fingerprint density at radius 2 is 2.14 bits per heavy atom. The van der Waals surface area contributed by atoms with E-state index in [4.69, 9.17) is 9.15 Å². The maximum Gasteiger partial charge on any atom is 0.433 e. The van der Waals surface area contributed by atoms with Gasteiger partial charge in [-0.25, -0.2) is 9.78 Å². The summed E-state index contributed by atoms with van der Waals surface area (Å²) < 4.78 is 11.1. The van der Waals surface area contributed by atoms with E-state index in [9.17, 15) is 14.9 Å². The second-order valence-electron chi connectivity index (χ2n) is 6.50. The first-order valence-electron chi connectivity index (χ1n) is 8.99. The number of piperazine rings is 1. The van der Waals surface area contributed by atoms with Crippen LogP contribution in [-0.2, 0) is 0 Å². The highest BCUT2D eigenvalue weighted by Gasteiger charge is 2.22. The summed E-state index contributed by atoms with van der Waals surface area (Å²) in [7, 11) is 0. The molecule has 1 aliphatic rings. The van der Waals surface area contributed by atoms with Crippen molar-refractivity contribution in [1.82, 2.24) is 4.98 Å². The van der Waals surface area contributed by atoms with E-state index in [1.165, 1.54) is 6.07 Å². The number of esters is 1. The molecular weight excluding hydrogens is 384 g/mol. The number of nitro groups is 1. The zero-order valence-electron chi connectivity index (χ0n) is 15.2. The summed E-state index contributed by atoms with van der Waals surface area (Å²) in [6.45, 7) is 7.49. The van der Waals surface area contributed by atoms with E-state index < -0.39 is 16.8 Å². The first kappa shape index (κ1) is 18.4. The van der Waals surface area contributed by atoms with Gasteiger partial charge >= 0.3 is 11.9 Å². The van der Waals surface area contributed by atoms with Gasteiger partial charge in [-0.2, -0.15) is 0 Å². The van der Waals surface area contributed by atoms with Gasteiger partial charge in [-0.05, 0) is 25.1 Å². The van der Waals surface area contributed by atoms with Crippen molar-refractivity contribution in [1.29, 1.82) is 0 Å². The fraction of sp³-hybridized carbons (Fsp3) is 0.333. The number of nitrogens with zero attached hydrogens (tertiary/aromatic N) is 3. The summed E-state index contributed by atoms with van der Waals surface area (Å²) in [5, 5.41) is 11.6. The Kier molecular flexibility index (Phi) is 4.97. The minimum absolute atomic E-state index is 0.215. The van der Waals surface area contributed by atoms with E-state index in [0.717, 1.165) is 54.1 Å². The second-order valence-corrected chi connectivity index (χ2v) is 7.51. The number of thiazole rings is 1. The van der Waals surface area contributed by atoms with Crippen LogP contribution in [0.15, 0.2) is 34.7 Å². The highest BCUT2D eigenvalue weighted by Crippen LogP contribution is 2.31. The van der Waals surface area contributed by atoms with Crippen LogP contribution in [0.25, 0.3) is 10.2 Å². The Morgan fingerprint density at radius 3 is 2.82 bits per heavy atom. The molecule has 0 spiro atoms. The third kappa shape index (κ3) is 3.69. The summed E-state index contributed by atoms with van der Waals surface area (Å²) in [5.41, 5.74) is 0.846.